The van der Waals surface area contributed by atoms with Crippen LogP contribution in [0.2, 0.25) is 0 Å². The van der Waals surface area contributed by atoms with Gasteiger partial charge in [0, 0.05) is 32.6 Å². The van der Waals surface area contributed by atoms with Crippen molar-refractivity contribution in [2.24, 2.45) is 0 Å². The van der Waals surface area contributed by atoms with Crippen LogP contribution in [0.4, 0.5) is 13.2 Å². The summed E-state index contributed by atoms with van der Waals surface area (Å²) in [5, 5.41) is 5.29. The number of halogens is 3. The smallest absolute Gasteiger partial charge is 0.379 e. The van der Waals surface area contributed by atoms with Crippen LogP contribution >= 0.6 is 0 Å². The first-order valence-corrected chi connectivity index (χ1v) is 9.26. The summed E-state index contributed by atoms with van der Waals surface area (Å²) in [7, 11) is 0. The zero-order valence-electron chi connectivity index (χ0n) is 15.8. The third-order valence-electron chi connectivity index (χ3n) is 4.60. The Morgan fingerprint density at radius 3 is 2.36 bits per heavy atom. The minimum Gasteiger partial charge on any atom is -0.379 e. The summed E-state index contributed by atoms with van der Waals surface area (Å²) in [6.45, 7) is 5.93. The van der Waals surface area contributed by atoms with Crippen molar-refractivity contribution in [2.45, 2.75) is 25.4 Å². The number of nitrogens with one attached hydrogen (secondary N) is 2. The van der Waals surface area contributed by atoms with Gasteiger partial charge in [-0.3, -0.25) is 14.5 Å². The van der Waals surface area contributed by atoms with Crippen LogP contribution in [-0.2, 0) is 20.5 Å². The SMILES string of the molecule is CC(CC(=O)NCC(=O)NCCN1CCOCC1)c1ccc(C(F)(F)F)cc1. The van der Waals surface area contributed by atoms with E-state index in [1.807, 2.05) is 0 Å². The van der Waals surface area contributed by atoms with Crippen LogP contribution in [0.3, 0.4) is 0 Å². The molecule has 0 saturated carbocycles. The number of nitrogens with zero attached hydrogens (tertiary/aromatic N) is 1. The van der Waals surface area contributed by atoms with Gasteiger partial charge in [-0.05, 0) is 23.6 Å². The van der Waals surface area contributed by atoms with Crippen LogP contribution in [0, 0.1) is 0 Å². The van der Waals surface area contributed by atoms with E-state index in [2.05, 4.69) is 15.5 Å². The summed E-state index contributed by atoms with van der Waals surface area (Å²) in [6.07, 6.45) is -4.29. The molecule has 156 valence electrons. The van der Waals surface area contributed by atoms with Crippen molar-refractivity contribution in [1.29, 1.82) is 0 Å². The number of carbonyl (C=O) groups excluding carboxylic acids is 2. The zero-order chi connectivity index (χ0) is 20.6. The maximum Gasteiger partial charge on any atom is 0.416 e. The summed E-state index contributed by atoms with van der Waals surface area (Å²) in [5.74, 6) is -0.855. The van der Waals surface area contributed by atoms with Crippen molar-refractivity contribution >= 4 is 11.8 Å². The Kier molecular flexibility index (Phi) is 8.25. The second-order valence-corrected chi connectivity index (χ2v) is 6.81. The molecule has 1 saturated heterocycles. The van der Waals surface area contributed by atoms with Crippen LogP contribution in [0.15, 0.2) is 24.3 Å². The second-order valence-electron chi connectivity index (χ2n) is 6.81. The lowest BCUT2D eigenvalue weighted by Gasteiger charge is -2.26. The van der Waals surface area contributed by atoms with Gasteiger partial charge in [-0.25, -0.2) is 0 Å². The van der Waals surface area contributed by atoms with Gasteiger partial charge in [0.25, 0.3) is 0 Å². The summed E-state index contributed by atoms with van der Waals surface area (Å²) in [6, 6.07) is 4.76. The molecule has 1 fully saturated rings. The Morgan fingerprint density at radius 1 is 1.11 bits per heavy atom. The molecule has 0 spiro atoms. The summed E-state index contributed by atoms with van der Waals surface area (Å²) < 4.78 is 43.0. The molecule has 0 bridgehead atoms. The Balaban J connectivity index is 1.66. The van der Waals surface area contributed by atoms with E-state index >= 15 is 0 Å². The van der Waals surface area contributed by atoms with Gasteiger partial charge in [0.1, 0.15) is 0 Å². The topological polar surface area (TPSA) is 70.7 Å². The molecule has 1 aliphatic heterocycles. The first-order chi connectivity index (χ1) is 13.3. The minimum absolute atomic E-state index is 0.0897. The number of amides is 2. The van der Waals surface area contributed by atoms with Gasteiger partial charge < -0.3 is 15.4 Å². The first kappa shape index (κ1) is 22.2. The number of hydrogen-bond donors (Lipinski definition) is 2. The molecule has 0 radical (unpaired) electrons. The number of carbonyl (C=O) groups is 2. The summed E-state index contributed by atoms with van der Waals surface area (Å²) in [4.78, 5) is 26.0. The molecule has 2 rings (SSSR count). The lowest BCUT2D eigenvalue weighted by Crippen LogP contribution is -2.43. The van der Waals surface area contributed by atoms with Crippen molar-refractivity contribution in [3.8, 4) is 0 Å². The molecule has 1 aliphatic rings. The lowest BCUT2D eigenvalue weighted by atomic mass is 9.96. The monoisotopic (exact) mass is 401 g/mol. The minimum atomic E-state index is -4.38. The Hall–Kier alpha value is -2.13. The molecular weight excluding hydrogens is 375 g/mol. The highest BCUT2D eigenvalue weighted by Crippen LogP contribution is 2.30. The number of hydrogen-bond acceptors (Lipinski definition) is 4. The van der Waals surface area contributed by atoms with Gasteiger partial charge in [-0.15, -0.1) is 0 Å². The highest BCUT2D eigenvalue weighted by molar-refractivity contribution is 5.84. The Morgan fingerprint density at radius 2 is 1.75 bits per heavy atom. The maximum absolute atomic E-state index is 12.6. The molecule has 0 aliphatic carbocycles. The molecule has 9 heteroatoms. The van der Waals surface area contributed by atoms with Crippen molar-refractivity contribution in [2.75, 3.05) is 45.9 Å². The van der Waals surface area contributed by atoms with E-state index < -0.39 is 11.7 Å². The van der Waals surface area contributed by atoms with Gasteiger partial charge in [0.2, 0.25) is 11.8 Å². The van der Waals surface area contributed by atoms with Crippen molar-refractivity contribution < 1.29 is 27.5 Å². The van der Waals surface area contributed by atoms with Crippen LogP contribution < -0.4 is 10.6 Å². The third kappa shape index (κ3) is 7.47. The zero-order valence-corrected chi connectivity index (χ0v) is 15.8. The summed E-state index contributed by atoms with van der Waals surface area (Å²) >= 11 is 0. The number of ether oxygens (including phenoxy) is 1. The largest absolute Gasteiger partial charge is 0.416 e. The maximum atomic E-state index is 12.6. The van der Waals surface area contributed by atoms with E-state index in [1.54, 1.807) is 6.92 Å². The van der Waals surface area contributed by atoms with E-state index in [-0.39, 0.29) is 30.7 Å². The highest BCUT2D eigenvalue weighted by Gasteiger charge is 2.30. The number of morpholine rings is 1. The van der Waals surface area contributed by atoms with Gasteiger partial charge >= 0.3 is 6.18 Å². The number of rotatable bonds is 8. The molecule has 6 nitrogen and oxygen atoms in total. The molecular formula is C19H26F3N3O3. The van der Waals surface area contributed by atoms with E-state index in [0.717, 1.165) is 31.8 Å². The molecule has 0 aromatic heterocycles. The normalized spacial score (nSPS) is 16.4. The lowest BCUT2D eigenvalue weighted by molar-refractivity contribution is -0.137. The predicted molar refractivity (Wildman–Crippen MR) is 97.8 cm³/mol. The predicted octanol–water partition coefficient (Wildman–Crippen LogP) is 1.76. The van der Waals surface area contributed by atoms with E-state index in [4.69, 9.17) is 4.74 Å². The standard InChI is InChI=1S/C19H26F3N3O3/c1-14(15-2-4-16(5-3-15)19(20,21)22)12-17(26)24-13-18(27)23-6-7-25-8-10-28-11-9-25/h2-5,14H,6-13H2,1H3,(H,23,27)(H,24,26). The molecule has 2 amide bonds. The average molecular weight is 401 g/mol. The van der Waals surface area contributed by atoms with Crippen molar-refractivity contribution in [1.82, 2.24) is 15.5 Å². The quantitative estimate of drug-likeness (QED) is 0.697. The fourth-order valence-corrected chi connectivity index (χ4v) is 2.89. The highest BCUT2D eigenvalue weighted by atomic mass is 19.4. The van der Waals surface area contributed by atoms with Crippen molar-refractivity contribution in [3.63, 3.8) is 0 Å². The molecule has 1 heterocycles. The fourth-order valence-electron chi connectivity index (χ4n) is 2.89. The number of alkyl halides is 3. The van der Waals surface area contributed by atoms with E-state index in [0.29, 0.717) is 25.3 Å². The van der Waals surface area contributed by atoms with Crippen LogP contribution in [0.25, 0.3) is 0 Å². The van der Waals surface area contributed by atoms with Crippen LogP contribution in [0.5, 0.6) is 0 Å². The van der Waals surface area contributed by atoms with Gasteiger partial charge in [-0.1, -0.05) is 19.1 Å². The second kappa shape index (κ2) is 10.4. The van der Waals surface area contributed by atoms with Gasteiger partial charge in [0.05, 0.1) is 25.3 Å². The van der Waals surface area contributed by atoms with Crippen LogP contribution in [0.1, 0.15) is 30.4 Å². The molecule has 1 aromatic carbocycles. The molecule has 28 heavy (non-hydrogen) atoms. The average Bonchev–Trinajstić information content (AvgIpc) is 2.66. The van der Waals surface area contributed by atoms with Crippen LogP contribution in [-0.4, -0.2) is 62.7 Å². The van der Waals surface area contributed by atoms with Gasteiger partial charge in [-0.2, -0.15) is 13.2 Å². The van der Waals surface area contributed by atoms with Gasteiger partial charge in [0.15, 0.2) is 0 Å². The van der Waals surface area contributed by atoms with E-state index in [1.165, 1.54) is 12.1 Å². The first-order valence-electron chi connectivity index (χ1n) is 9.26. The number of benzene rings is 1. The Bertz CT molecular complexity index is 644. The van der Waals surface area contributed by atoms with Crippen molar-refractivity contribution in [3.05, 3.63) is 35.4 Å². The third-order valence-corrected chi connectivity index (χ3v) is 4.60. The molecule has 1 unspecified atom stereocenters. The Labute approximate surface area is 162 Å². The molecule has 1 aromatic rings. The molecule has 2 N–H and O–H groups in total. The summed E-state index contributed by atoms with van der Waals surface area (Å²) in [5.41, 5.74) is -0.0836. The molecule has 1 atom stereocenters. The fraction of sp³-hybridized carbons (Fsp3) is 0.579. The van der Waals surface area contributed by atoms with E-state index in [9.17, 15) is 22.8 Å².